The molecule has 0 atom stereocenters. The van der Waals surface area contributed by atoms with Crippen LogP contribution in [0.4, 0.5) is 0 Å². The zero-order valence-electron chi connectivity index (χ0n) is 9.31. The first-order valence-corrected chi connectivity index (χ1v) is 5.36. The molecule has 0 unspecified atom stereocenters. The van der Waals surface area contributed by atoms with Gasteiger partial charge in [0.25, 0.3) is 0 Å². The van der Waals surface area contributed by atoms with Crippen molar-refractivity contribution in [2.24, 2.45) is 12.8 Å². The van der Waals surface area contributed by atoms with Gasteiger partial charge in [-0.15, -0.1) is 0 Å². The Hall–Kier alpha value is -1.68. The predicted molar refractivity (Wildman–Crippen MR) is 63.3 cm³/mol. The van der Waals surface area contributed by atoms with Crippen LogP contribution >= 0.6 is 0 Å². The number of rotatable bonds is 4. The fourth-order valence-electron chi connectivity index (χ4n) is 1.72. The molecule has 0 spiro atoms. The molecule has 4 heteroatoms. The maximum atomic E-state index is 11.8. The summed E-state index contributed by atoms with van der Waals surface area (Å²) in [7, 11) is 1.94. The standard InChI is InChI=1S/C12H15N3O/c1-15-8-14-10-7-9(4-5-11(10)15)12(16)3-2-6-13/h4-5,7-8H,2-3,6,13H2,1H3. The third-order valence-electron chi connectivity index (χ3n) is 2.66. The molecule has 1 aromatic heterocycles. The van der Waals surface area contributed by atoms with Gasteiger partial charge in [-0.25, -0.2) is 4.98 Å². The number of imidazole rings is 1. The second-order valence-electron chi connectivity index (χ2n) is 3.87. The van der Waals surface area contributed by atoms with Gasteiger partial charge < -0.3 is 10.3 Å². The number of aryl methyl sites for hydroxylation is 1. The highest BCUT2D eigenvalue weighted by Crippen LogP contribution is 2.15. The monoisotopic (exact) mass is 217 g/mol. The Kier molecular flexibility index (Phi) is 3.01. The van der Waals surface area contributed by atoms with Crippen molar-refractivity contribution in [3.05, 3.63) is 30.1 Å². The number of benzene rings is 1. The summed E-state index contributed by atoms with van der Waals surface area (Å²) in [4.78, 5) is 16.0. The lowest BCUT2D eigenvalue weighted by molar-refractivity contribution is 0.0981. The van der Waals surface area contributed by atoms with Crippen molar-refractivity contribution in [3.8, 4) is 0 Å². The lowest BCUT2D eigenvalue weighted by Gasteiger charge is -2.00. The van der Waals surface area contributed by atoms with Gasteiger partial charge >= 0.3 is 0 Å². The first-order chi connectivity index (χ1) is 7.72. The predicted octanol–water partition coefficient (Wildman–Crippen LogP) is 1.49. The molecule has 4 nitrogen and oxygen atoms in total. The number of hydrogen-bond acceptors (Lipinski definition) is 3. The number of aromatic nitrogens is 2. The smallest absolute Gasteiger partial charge is 0.163 e. The van der Waals surface area contributed by atoms with Crippen molar-refractivity contribution in [3.63, 3.8) is 0 Å². The average Bonchev–Trinajstić information content (AvgIpc) is 2.67. The molecule has 0 aliphatic rings. The molecule has 0 bridgehead atoms. The number of Topliss-reactive ketones (excluding diaryl/α,β-unsaturated/α-hetero) is 1. The number of hydrogen-bond donors (Lipinski definition) is 1. The van der Waals surface area contributed by atoms with Crippen LogP contribution < -0.4 is 5.73 Å². The summed E-state index contributed by atoms with van der Waals surface area (Å²) in [6.45, 7) is 0.553. The van der Waals surface area contributed by atoms with Crippen molar-refractivity contribution >= 4 is 16.8 Å². The highest BCUT2D eigenvalue weighted by atomic mass is 16.1. The van der Waals surface area contributed by atoms with Crippen LogP contribution in [0.1, 0.15) is 23.2 Å². The summed E-state index contributed by atoms with van der Waals surface area (Å²) in [6, 6.07) is 5.62. The molecule has 0 saturated heterocycles. The molecule has 0 fully saturated rings. The summed E-state index contributed by atoms with van der Waals surface area (Å²) in [5.41, 5.74) is 8.00. The van der Waals surface area contributed by atoms with Crippen molar-refractivity contribution in [2.45, 2.75) is 12.8 Å². The molecule has 0 aliphatic heterocycles. The molecular weight excluding hydrogens is 202 g/mol. The van der Waals surface area contributed by atoms with Crippen LogP contribution in [-0.2, 0) is 7.05 Å². The van der Waals surface area contributed by atoms with Gasteiger partial charge in [-0.05, 0) is 31.2 Å². The van der Waals surface area contributed by atoms with Gasteiger partial charge in [0.15, 0.2) is 5.78 Å². The lowest BCUT2D eigenvalue weighted by Crippen LogP contribution is -2.04. The minimum absolute atomic E-state index is 0.137. The first-order valence-electron chi connectivity index (χ1n) is 5.36. The number of ketones is 1. The Labute approximate surface area is 94.1 Å². The molecule has 1 aromatic carbocycles. The summed E-state index contributed by atoms with van der Waals surface area (Å²) < 4.78 is 1.93. The van der Waals surface area contributed by atoms with Crippen LogP contribution in [0.25, 0.3) is 11.0 Å². The molecule has 0 amide bonds. The largest absolute Gasteiger partial charge is 0.334 e. The van der Waals surface area contributed by atoms with E-state index >= 15 is 0 Å². The van der Waals surface area contributed by atoms with E-state index in [2.05, 4.69) is 4.98 Å². The quantitative estimate of drug-likeness (QED) is 0.789. The highest BCUT2D eigenvalue weighted by Gasteiger charge is 2.07. The third-order valence-corrected chi connectivity index (χ3v) is 2.66. The van der Waals surface area contributed by atoms with Gasteiger partial charge in [0.2, 0.25) is 0 Å². The van der Waals surface area contributed by atoms with E-state index in [1.54, 1.807) is 6.33 Å². The zero-order chi connectivity index (χ0) is 11.5. The molecule has 16 heavy (non-hydrogen) atoms. The SMILES string of the molecule is Cn1cnc2cc(C(=O)CCCN)ccc21. The molecular formula is C12H15N3O. The topological polar surface area (TPSA) is 60.9 Å². The molecule has 0 aliphatic carbocycles. The number of carbonyl (C=O) groups is 1. The number of nitrogens with zero attached hydrogens (tertiary/aromatic N) is 2. The van der Waals surface area contributed by atoms with E-state index in [4.69, 9.17) is 5.73 Å². The van der Waals surface area contributed by atoms with Crippen LogP contribution in [-0.4, -0.2) is 21.9 Å². The molecule has 2 N–H and O–H groups in total. The van der Waals surface area contributed by atoms with Crippen LogP contribution in [0.2, 0.25) is 0 Å². The molecule has 84 valence electrons. The van der Waals surface area contributed by atoms with E-state index in [1.165, 1.54) is 0 Å². The normalized spacial score (nSPS) is 10.9. The summed E-state index contributed by atoms with van der Waals surface area (Å²) in [5, 5.41) is 0. The van der Waals surface area contributed by atoms with E-state index in [1.807, 2.05) is 29.8 Å². The van der Waals surface area contributed by atoms with Crippen molar-refractivity contribution in [1.82, 2.24) is 9.55 Å². The van der Waals surface area contributed by atoms with E-state index in [0.29, 0.717) is 13.0 Å². The van der Waals surface area contributed by atoms with E-state index < -0.39 is 0 Å². The number of fused-ring (bicyclic) bond motifs is 1. The number of nitrogens with two attached hydrogens (primary N) is 1. The van der Waals surface area contributed by atoms with Gasteiger partial charge in [0.05, 0.1) is 17.4 Å². The molecule has 2 rings (SSSR count). The maximum Gasteiger partial charge on any atom is 0.163 e. The fourth-order valence-corrected chi connectivity index (χ4v) is 1.72. The Balaban J connectivity index is 2.29. The van der Waals surface area contributed by atoms with Crippen molar-refractivity contribution < 1.29 is 4.79 Å². The van der Waals surface area contributed by atoms with E-state index in [9.17, 15) is 4.79 Å². The van der Waals surface area contributed by atoms with E-state index in [-0.39, 0.29) is 5.78 Å². The highest BCUT2D eigenvalue weighted by molar-refractivity contribution is 5.98. The summed E-state index contributed by atoms with van der Waals surface area (Å²) in [5.74, 6) is 0.137. The molecule has 0 radical (unpaired) electrons. The summed E-state index contributed by atoms with van der Waals surface area (Å²) in [6.07, 6.45) is 2.99. The van der Waals surface area contributed by atoms with Gasteiger partial charge in [0.1, 0.15) is 0 Å². The van der Waals surface area contributed by atoms with E-state index in [0.717, 1.165) is 23.0 Å². The Morgan fingerprint density at radius 3 is 3.06 bits per heavy atom. The average molecular weight is 217 g/mol. The van der Waals surface area contributed by atoms with Gasteiger partial charge in [-0.3, -0.25) is 4.79 Å². The maximum absolute atomic E-state index is 11.8. The lowest BCUT2D eigenvalue weighted by atomic mass is 10.1. The molecule has 0 saturated carbocycles. The van der Waals surface area contributed by atoms with Crippen LogP contribution in [0, 0.1) is 0 Å². The van der Waals surface area contributed by atoms with Gasteiger partial charge in [0, 0.05) is 19.0 Å². The minimum atomic E-state index is 0.137. The Morgan fingerprint density at radius 1 is 1.50 bits per heavy atom. The second-order valence-corrected chi connectivity index (χ2v) is 3.87. The van der Waals surface area contributed by atoms with Gasteiger partial charge in [-0.2, -0.15) is 0 Å². The zero-order valence-corrected chi connectivity index (χ0v) is 9.31. The first kappa shape index (κ1) is 10.8. The van der Waals surface area contributed by atoms with Crippen molar-refractivity contribution in [2.75, 3.05) is 6.54 Å². The van der Waals surface area contributed by atoms with Crippen LogP contribution in [0.5, 0.6) is 0 Å². The second kappa shape index (κ2) is 4.45. The van der Waals surface area contributed by atoms with Crippen molar-refractivity contribution in [1.29, 1.82) is 0 Å². The summed E-state index contributed by atoms with van der Waals surface area (Å²) >= 11 is 0. The Morgan fingerprint density at radius 2 is 2.31 bits per heavy atom. The fraction of sp³-hybridized carbons (Fsp3) is 0.333. The van der Waals surface area contributed by atoms with Gasteiger partial charge in [-0.1, -0.05) is 0 Å². The molecule has 2 aromatic rings. The Bertz CT molecular complexity index is 516. The van der Waals surface area contributed by atoms with Crippen LogP contribution in [0.3, 0.4) is 0 Å². The number of carbonyl (C=O) groups excluding carboxylic acids is 1. The molecule has 1 heterocycles. The third kappa shape index (κ3) is 1.97. The van der Waals surface area contributed by atoms with Crippen LogP contribution in [0.15, 0.2) is 24.5 Å². The minimum Gasteiger partial charge on any atom is -0.334 e.